The maximum absolute atomic E-state index is 11.7. The number of carbonyl (C=O) groups is 1. The second-order valence-electron chi connectivity index (χ2n) is 7.16. The first kappa shape index (κ1) is 19.4. The van der Waals surface area contributed by atoms with E-state index in [0.717, 1.165) is 39.1 Å². The number of pyridine rings is 1. The molecule has 1 aromatic carbocycles. The molecule has 3 heterocycles. The largest absolute Gasteiger partial charge is 0.339 e. The zero-order valence-corrected chi connectivity index (χ0v) is 17.1. The Morgan fingerprint density at radius 1 is 1.21 bits per heavy atom. The number of aromatic amines is 1. The number of fused-ring (bicyclic) bond motifs is 1. The Hall–Kier alpha value is -2.97. The Labute approximate surface area is 169 Å². The number of nitrogens with zero attached hydrogens (tertiary/aromatic N) is 2. The summed E-state index contributed by atoms with van der Waals surface area (Å²) in [4.78, 5) is 19.0. The van der Waals surface area contributed by atoms with Gasteiger partial charge < -0.3 is 10.3 Å². The number of benzene rings is 1. The van der Waals surface area contributed by atoms with E-state index in [9.17, 15) is 13.2 Å². The summed E-state index contributed by atoms with van der Waals surface area (Å²) in [5, 5.41) is 3.77. The third-order valence-corrected chi connectivity index (χ3v) is 6.30. The van der Waals surface area contributed by atoms with Crippen molar-refractivity contribution in [3.63, 3.8) is 0 Å². The number of nitrogens with one attached hydrogen (secondary N) is 2. The van der Waals surface area contributed by atoms with E-state index in [1.807, 2.05) is 36.4 Å². The van der Waals surface area contributed by atoms with Crippen molar-refractivity contribution in [1.82, 2.24) is 14.3 Å². The highest BCUT2D eigenvalue weighted by molar-refractivity contribution is 7.88. The molecular weight excluding hydrogens is 388 g/mol. The minimum Gasteiger partial charge on any atom is -0.339 e. The van der Waals surface area contributed by atoms with Crippen molar-refractivity contribution in [3.8, 4) is 11.1 Å². The second kappa shape index (κ2) is 7.46. The first-order valence-corrected chi connectivity index (χ1v) is 11.2. The third kappa shape index (κ3) is 4.08. The van der Waals surface area contributed by atoms with E-state index in [-0.39, 0.29) is 5.91 Å². The van der Waals surface area contributed by atoms with E-state index in [1.54, 1.807) is 6.20 Å². The van der Waals surface area contributed by atoms with Gasteiger partial charge in [-0.15, -0.1) is 0 Å². The fraction of sp³-hybridized carbons (Fsp3) is 0.238. The van der Waals surface area contributed by atoms with Gasteiger partial charge in [-0.3, -0.25) is 4.79 Å². The first-order chi connectivity index (χ1) is 13.8. The molecule has 3 aromatic rings. The van der Waals surface area contributed by atoms with Crippen LogP contribution in [0.4, 0.5) is 5.69 Å². The van der Waals surface area contributed by atoms with Gasteiger partial charge in [0.2, 0.25) is 15.9 Å². The van der Waals surface area contributed by atoms with Crippen LogP contribution in [0, 0.1) is 0 Å². The normalized spacial score (nSPS) is 15.3. The molecule has 4 rings (SSSR count). The number of hydrogen-bond donors (Lipinski definition) is 2. The molecule has 0 fully saturated rings. The molecule has 0 spiro atoms. The first-order valence-electron chi connectivity index (χ1n) is 9.31. The highest BCUT2D eigenvalue weighted by Gasteiger charge is 2.21. The summed E-state index contributed by atoms with van der Waals surface area (Å²) >= 11 is 0. The van der Waals surface area contributed by atoms with Gasteiger partial charge in [0.05, 0.1) is 6.26 Å². The van der Waals surface area contributed by atoms with Crippen molar-refractivity contribution < 1.29 is 13.2 Å². The van der Waals surface area contributed by atoms with Crippen LogP contribution in [0.3, 0.4) is 0 Å². The van der Waals surface area contributed by atoms with Crippen molar-refractivity contribution in [2.75, 3.05) is 24.7 Å². The lowest BCUT2D eigenvalue weighted by Crippen LogP contribution is -2.33. The van der Waals surface area contributed by atoms with E-state index >= 15 is 0 Å². The average Bonchev–Trinajstić information content (AvgIpc) is 3.12. The molecule has 1 amide bonds. The summed E-state index contributed by atoms with van der Waals surface area (Å²) in [6.45, 7) is 2.34. The number of carbonyl (C=O) groups excluding carboxylic acids is 1. The zero-order chi connectivity index (χ0) is 20.6. The molecule has 2 N–H and O–H groups in total. The Morgan fingerprint density at radius 3 is 2.59 bits per heavy atom. The molecule has 0 saturated carbocycles. The maximum atomic E-state index is 11.7. The number of rotatable bonds is 4. The van der Waals surface area contributed by atoms with Crippen LogP contribution in [0.25, 0.3) is 27.7 Å². The van der Waals surface area contributed by atoms with Crippen molar-refractivity contribution in [3.05, 3.63) is 54.4 Å². The number of amides is 1. The molecule has 1 aliphatic rings. The van der Waals surface area contributed by atoms with Gasteiger partial charge in [0.15, 0.2) is 0 Å². The molecule has 150 valence electrons. The van der Waals surface area contributed by atoms with E-state index in [4.69, 9.17) is 0 Å². The molecule has 7 nitrogen and oxygen atoms in total. The van der Waals surface area contributed by atoms with Gasteiger partial charge >= 0.3 is 0 Å². The van der Waals surface area contributed by atoms with Gasteiger partial charge in [0, 0.05) is 43.0 Å². The Balaban J connectivity index is 1.66. The van der Waals surface area contributed by atoms with Crippen molar-refractivity contribution in [2.24, 2.45) is 0 Å². The lowest BCUT2D eigenvalue weighted by molar-refractivity contribution is -0.114. The number of aromatic nitrogens is 2. The van der Waals surface area contributed by atoms with Gasteiger partial charge in [0.25, 0.3) is 0 Å². The number of anilines is 1. The van der Waals surface area contributed by atoms with Crippen LogP contribution in [-0.2, 0) is 14.8 Å². The van der Waals surface area contributed by atoms with Gasteiger partial charge in [-0.05, 0) is 47.4 Å². The van der Waals surface area contributed by atoms with E-state index in [0.29, 0.717) is 19.5 Å². The van der Waals surface area contributed by atoms with Crippen LogP contribution >= 0.6 is 0 Å². The van der Waals surface area contributed by atoms with Crippen molar-refractivity contribution >= 4 is 38.2 Å². The molecule has 8 heteroatoms. The Bertz CT molecular complexity index is 1210. The fourth-order valence-corrected chi connectivity index (χ4v) is 4.35. The van der Waals surface area contributed by atoms with Gasteiger partial charge in [-0.25, -0.2) is 13.4 Å². The van der Waals surface area contributed by atoms with Crippen LogP contribution in [0.1, 0.15) is 19.0 Å². The highest BCUT2D eigenvalue weighted by atomic mass is 32.2. The monoisotopic (exact) mass is 410 g/mol. The lowest BCUT2D eigenvalue weighted by Gasteiger charge is -2.23. The summed E-state index contributed by atoms with van der Waals surface area (Å²) in [7, 11) is -3.17. The van der Waals surface area contributed by atoms with E-state index in [1.165, 1.54) is 17.5 Å². The minimum atomic E-state index is -3.17. The predicted octanol–water partition coefficient (Wildman–Crippen LogP) is 3.24. The molecule has 0 bridgehead atoms. The van der Waals surface area contributed by atoms with Crippen LogP contribution in [0.2, 0.25) is 0 Å². The smallest absolute Gasteiger partial charge is 0.221 e. The molecule has 0 saturated heterocycles. The zero-order valence-electron chi connectivity index (χ0n) is 16.3. The van der Waals surface area contributed by atoms with Crippen LogP contribution < -0.4 is 5.32 Å². The SMILES string of the molecule is CC(=O)Nc1ccc(-c2ccnc3[nH]c(C4=CCN(S(C)(=O)=O)CC4)cc23)cc1. The lowest BCUT2D eigenvalue weighted by atomic mass is 10.0. The molecule has 2 aromatic heterocycles. The summed E-state index contributed by atoms with van der Waals surface area (Å²) in [5.74, 6) is -0.102. The van der Waals surface area contributed by atoms with Crippen LogP contribution in [0.5, 0.6) is 0 Å². The molecule has 1 aliphatic heterocycles. The Morgan fingerprint density at radius 2 is 1.97 bits per heavy atom. The quantitative estimate of drug-likeness (QED) is 0.690. The minimum absolute atomic E-state index is 0.102. The molecule has 0 radical (unpaired) electrons. The average molecular weight is 410 g/mol. The number of sulfonamides is 1. The van der Waals surface area contributed by atoms with Gasteiger partial charge in [-0.1, -0.05) is 18.2 Å². The van der Waals surface area contributed by atoms with Gasteiger partial charge in [0.1, 0.15) is 5.65 Å². The maximum Gasteiger partial charge on any atom is 0.221 e. The molecule has 29 heavy (non-hydrogen) atoms. The fourth-order valence-electron chi connectivity index (χ4n) is 3.58. The molecule has 0 aliphatic carbocycles. The molecule has 0 atom stereocenters. The Kier molecular flexibility index (Phi) is 4.97. The summed E-state index contributed by atoms with van der Waals surface area (Å²) in [6, 6.07) is 11.7. The van der Waals surface area contributed by atoms with Crippen molar-refractivity contribution in [1.29, 1.82) is 0 Å². The van der Waals surface area contributed by atoms with Crippen LogP contribution in [-0.4, -0.2) is 47.9 Å². The standard InChI is InChI=1S/C21H22N4O3S/c1-14(26)23-17-5-3-15(4-6-17)18-7-10-22-21-19(18)13-20(24-21)16-8-11-25(12-9-16)29(2,27)28/h3-8,10,13H,9,11-12H2,1-2H3,(H,22,24)(H,23,26). The topological polar surface area (TPSA) is 95.2 Å². The van der Waals surface area contributed by atoms with Gasteiger partial charge in [-0.2, -0.15) is 4.31 Å². The summed E-state index contributed by atoms with van der Waals surface area (Å²) in [5.41, 5.74) is 5.66. The van der Waals surface area contributed by atoms with E-state index in [2.05, 4.69) is 21.4 Å². The second-order valence-corrected chi connectivity index (χ2v) is 9.15. The summed E-state index contributed by atoms with van der Waals surface area (Å²) in [6.07, 6.45) is 5.61. The third-order valence-electron chi connectivity index (χ3n) is 5.03. The van der Waals surface area contributed by atoms with E-state index < -0.39 is 10.0 Å². The number of H-pyrrole nitrogens is 1. The summed E-state index contributed by atoms with van der Waals surface area (Å²) < 4.78 is 24.9. The van der Waals surface area contributed by atoms with Crippen LogP contribution in [0.15, 0.2) is 48.7 Å². The number of hydrogen-bond acceptors (Lipinski definition) is 4. The molecule has 0 unspecified atom stereocenters. The highest BCUT2D eigenvalue weighted by Crippen LogP contribution is 2.32. The molecular formula is C21H22N4O3S. The predicted molar refractivity (Wildman–Crippen MR) is 115 cm³/mol. The van der Waals surface area contributed by atoms with Crippen molar-refractivity contribution in [2.45, 2.75) is 13.3 Å².